The van der Waals surface area contributed by atoms with Crippen LogP contribution in [-0.4, -0.2) is 52.4 Å². The van der Waals surface area contributed by atoms with E-state index in [1.54, 1.807) is 13.1 Å². The van der Waals surface area contributed by atoms with E-state index in [1.165, 1.54) is 11.2 Å². The molecule has 0 unspecified atom stereocenters. The van der Waals surface area contributed by atoms with E-state index in [1.807, 2.05) is 6.92 Å². The predicted octanol–water partition coefficient (Wildman–Crippen LogP) is 0.353. The fraction of sp³-hybridized carbons (Fsp3) is 0.538. The van der Waals surface area contributed by atoms with E-state index in [9.17, 15) is 14.4 Å². The number of nitrogens with zero attached hydrogens (tertiary/aromatic N) is 3. The molecule has 4 amide bonds. The van der Waals surface area contributed by atoms with Crippen LogP contribution in [0.3, 0.4) is 0 Å². The Bertz CT molecular complexity index is 528. The fourth-order valence-corrected chi connectivity index (χ4v) is 2.13. The minimum absolute atomic E-state index is 0.0564. The van der Waals surface area contributed by atoms with Gasteiger partial charge in [0.05, 0.1) is 13.0 Å². The maximum atomic E-state index is 12.1. The first kappa shape index (κ1) is 15.0. The number of carbonyl (C=O) groups excluding carboxylic acids is 3. The van der Waals surface area contributed by atoms with Crippen LogP contribution in [0, 0.1) is 0 Å². The van der Waals surface area contributed by atoms with Crippen LogP contribution in [0.2, 0.25) is 0 Å². The molecule has 1 N–H and O–H groups in total. The SMILES string of the molecule is CCCN1C(=O)N[C@H](CC(=O)N(C)Cc2ccon2)C1=O. The number of urea groups is 1. The second-order valence-corrected chi connectivity index (χ2v) is 4.94. The highest BCUT2D eigenvalue weighted by atomic mass is 16.5. The number of amides is 4. The molecule has 21 heavy (non-hydrogen) atoms. The lowest BCUT2D eigenvalue weighted by Gasteiger charge is -2.17. The number of nitrogens with one attached hydrogen (secondary N) is 1. The molecule has 1 atom stereocenters. The zero-order valence-electron chi connectivity index (χ0n) is 12.0. The van der Waals surface area contributed by atoms with Crippen molar-refractivity contribution in [1.82, 2.24) is 20.3 Å². The number of carbonyl (C=O) groups is 3. The molecule has 8 heteroatoms. The Kier molecular flexibility index (Phi) is 4.56. The Morgan fingerprint density at radius 3 is 2.90 bits per heavy atom. The lowest BCUT2D eigenvalue weighted by Crippen LogP contribution is -2.37. The van der Waals surface area contributed by atoms with Gasteiger partial charge in [0.25, 0.3) is 5.91 Å². The van der Waals surface area contributed by atoms with E-state index < -0.39 is 12.1 Å². The molecule has 2 rings (SSSR count). The molecule has 114 valence electrons. The van der Waals surface area contributed by atoms with Crippen LogP contribution in [0.25, 0.3) is 0 Å². The van der Waals surface area contributed by atoms with E-state index in [-0.39, 0.29) is 18.2 Å². The largest absolute Gasteiger partial charge is 0.364 e. The lowest BCUT2D eigenvalue weighted by atomic mass is 10.2. The Labute approximate surface area is 122 Å². The smallest absolute Gasteiger partial charge is 0.324 e. The summed E-state index contributed by atoms with van der Waals surface area (Å²) in [4.78, 5) is 38.3. The monoisotopic (exact) mass is 294 g/mol. The van der Waals surface area contributed by atoms with Crippen LogP contribution in [0.4, 0.5) is 4.79 Å². The maximum Gasteiger partial charge on any atom is 0.324 e. The molecule has 0 saturated carbocycles. The van der Waals surface area contributed by atoms with Gasteiger partial charge in [0.15, 0.2) is 0 Å². The molecule has 1 fully saturated rings. The summed E-state index contributed by atoms with van der Waals surface area (Å²) in [5.41, 5.74) is 0.625. The lowest BCUT2D eigenvalue weighted by molar-refractivity contribution is -0.135. The molecule has 0 aromatic carbocycles. The molecule has 0 aliphatic carbocycles. The summed E-state index contributed by atoms with van der Waals surface area (Å²) in [7, 11) is 1.61. The maximum absolute atomic E-state index is 12.1. The molecule has 0 bridgehead atoms. The van der Waals surface area contributed by atoms with Crippen LogP contribution in [0.5, 0.6) is 0 Å². The van der Waals surface area contributed by atoms with E-state index in [4.69, 9.17) is 4.52 Å². The van der Waals surface area contributed by atoms with Gasteiger partial charge in [0.2, 0.25) is 5.91 Å². The fourth-order valence-electron chi connectivity index (χ4n) is 2.13. The van der Waals surface area contributed by atoms with Gasteiger partial charge in [0.1, 0.15) is 18.0 Å². The van der Waals surface area contributed by atoms with Gasteiger partial charge in [0, 0.05) is 19.7 Å². The third-order valence-corrected chi connectivity index (χ3v) is 3.25. The van der Waals surface area contributed by atoms with Crippen molar-refractivity contribution >= 4 is 17.8 Å². The Balaban J connectivity index is 1.90. The van der Waals surface area contributed by atoms with Crippen LogP contribution in [-0.2, 0) is 16.1 Å². The summed E-state index contributed by atoms with van der Waals surface area (Å²) in [6, 6.07) is 0.449. The summed E-state index contributed by atoms with van der Waals surface area (Å²) in [6.45, 7) is 2.54. The van der Waals surface area contributed by atoms with Crippen LogP contribution in [0.1, 0.15) is 25.5 Å². The first-order valence-electron chi connectivity index (χ1n) is 6.78. The first-order valence-corrected chi connectivity index (χ1v) is 6.78. The summed E-state index contributed by atoms with van der Waals surface area (Å²) >= 11 is 0. The van der Waals surface area contributed by atoms with Crippen molar-refractivity contribution in [3.8, 4) is 0 Å². The Morgan fingerprint density at radius 1 is 1.52 bits per heavy atom. The van der Waals surface area contributed by atoms with E-state index >= 15 is 0 Å². The quantitative estimate of drug-likeness (QED) is 0.764. The van der Waals surface area contributed by atoms with Crippen LogP contribution >= 0.6 is 0 Å². The van der Waals surface area contributed by atoms with Crippen molar-refractivity contribution in [1.29, 1.82) is 0 Å². The first-order chi connectivity index (χ1) is 10.0. The van der Waals surface area contributed by atoms with E-state index in [2.05, 4.69) is 10.5 Å². The van der Waals surface area contributed by atoms with Gasteiger partial charge in [-0.05, 0) is 6.42 Å². The van der Waals surface area contributed by atoms with Crippen molar-refractivity contribution in [3.63, 3.8) is 0 Å². The summed E-state index contributed by atoms with van der Waals surface area (Å²) in [5.74, 6) is -0.583. The minimum atomic E-state index is -0.781. The number of rotatable bonds is 6. The van der Waals surface area contributed by atoms with Crippen molar-refractivity contribution in [2.45, 2.75) is 32.4 Å². The molecule has 8 nitrogen and oxygen atoms in total. The predicted molar refractivity (Wildman–Crippen MR) is 71.9 cm³/mol. The molecule has 1 aliphatic rings. The van der Waals surface area contributed by atoms with Crippen LogP contribution in [0.15, 0.2) is 16.9 Å². The number of hydrogen-bond acceptors (Lipinski definition) is 5. The van der Waals surface area contributed by atoms with Crippen molar-refractivity contribution in [2.24, 2.45) is 0 Å². The van der Waals surface area contributed by atoms with Gasteiger partial charge >= 0.3 is 6.03 Å². The summed E-state index contributed by atoms with van der Waals surface area (Å²) < 4.78 is 4.69. The highest BCUT2D eigenvalue weighted by molar-refractivity contribution is 6.05. The molecular formula is C13H18N4O4. The molecule has 1 saturated heterocycles. The summed E-state index contributed by atoms with van der Waals surface area (Å²) in [5, 5.41) is 6.26. The molecule has 1 aliphatic heterocycles. The minimum Gasteiger partial charge on any atom is -0.364 e. The molecule has 0 radical (unpaired) electrons. The van der Waals surface area contributed by atoms with Crippen molar-refractivity contribution in [2.75, 3.05) is 13.6 Å². The molecule has 2 heterocycles. The standard InChI is InChI=1S/C13H18N4O4/c1-3-5-17-12(19)10(14-13(17)20)7-11(18)16(2)8-9-4-6-21-15-9/h4,6,10H,3,5,7-8H2,1-2H3,(H,14,20)/t10-/m1/s1. The molecule has 0 spiro atoms. The van der Waals surface area contributed by atoms with Crippen molar-refractivity contribution < 1.29 is 18.9 Å². The number of imide groups is 1. The highest BCUT2D eigenvalue weighted by Gasteiger charge is 2.38. The Morgan fingerprint density at radius 2 is 2.29 bits per heavy atom. The van der Waals surface area contributed by atoms with Gasteiger partial charge in [-0.15, -0.1) is 0 Å². The van der Waals surface area contributed by atoms with Crippen LogP contribution < -0.4 is 5.32 Å². The summed E-state index contributed by atoms with van der Waals surface area (Å²) in [6.07, 6.45) is 2.06. The molecular weight excluding hydrogens is 276 g/mol. The molecule has 1 aromatic heterocycles. The highest BCUT2D eigenvalue weighted by Crippen LogP contribution is 2.12. The second-order valence-electron chi connectivity index (χ2n) is 4.94. The van der Waals surface area contributed by atoms with Gasteiger partial charge in [-0.3, -0.25) is 14.5 Å². The zero-order chi connectivity index (χ0) is 15.4. The van der Waals surface area contributed by atoms with Gasteiger partial charge < -0.3 is 14.7 Å². The van der Waals surface area contributed by atoms with Gasteiger partial charge in [-0.2, -0.15) is 0 Å². The topological polar surface area (TPSA) is 95.8 Å². The Hall–Kier alpha value is -2.38. The average Bonchev–Trinajstić information content (AvgIpc) is 3.03. The zero-order valence-corrected chi connectivity index (χ0v) is 12.0. The molecule has 1 aromatic rings. The third kappa shape index (κ3) is 3.39. The van der Waals surface area contributed by atoms with Gasteiger partial charge in [-0.25, -0.2) is 4.79 Å². The average molecular weight is 294 g/mol. The third-order valence-electron chi connectivity index (χ3n) is 3.25. The number of aromatic nitrogens is 1. The normalized spacial score (nSPS) is 18.0. The van der Waals surface area contributed by atoms with E-state index in [0.717, 1.165) is 4.90 Å². The van der Waals surface area contributed by atoms with E-state index in [0.29, 0.717) is 25.2 Å². The number of hydrogen-bond donors (Lipinski definition) is 1. The van der Waals surface area contributed by atoms with Gasteiger partial charge in [-0.1, -0.05) is 12.1 Å². The second kappa shape index (κ2) is 6.38. The van der Waals surface area contributed by atoms with Crippen molar-refractivity contribution in [3.05, 3.63) is 18.0 Å².